The molecular formula is C14H25N3. The second-order valence-electron chi connectivity index (χ2n) is 5.73. The summed E-state index contributed by atoms with van der Waals surface area (Å²) in [5.74, 6) is 2.76. The van der Waals surface area contributed by atoms with Crippen LogP contribution in [0.4, 0.5) is 0 Å². The lowest BCUT2D eigenvalue weighted by atomic mass is 9.79. The minimum atomic E-state index is 0.334. The van der Waals surface area contributed by atoms with Crippen LogP contribution in [0.25, 0.3) is 0 Å². The molecule has 1 saturated carbocycles. The molecule has 0 radical (unpaired) electrons. The fourth-order valence-corrected chi connectivity index (χ4v) is 2.93. The van der Waals surface area contributed by atoms with Gasteiger partial charge in [0.15, 0.2) is 0 Å². The first kappa shape index (κ1) is 12.6. The number of nitrogens with zero attached hydrogens (tertiary/aromatic N) is 1. The van der Waals surface area contributed by atoms with Crippen molar-refractivity contribution in [1.29, 1.82) is 0 Å². The van der Waals surface area contributed by atoms with Crippen molar-refractivity contribution in [2.75, 3.05) is 0 Å². The molecule has 2 N–H and O–H groups in total. The van der Waals surface area contributed by atoms with E-state index in [1.165, 1.54) is 25.7 Å². The Balaban J connectivity index is 1.86. The Labute approximate surface area is 104 Å². The van der Waals surface area contributed by atoms with Crippen molar-refractivity contribution in [2.24, 2.45) is 11.8 Å². The molecule has 3 unspecified atom stereocenters. The Bertz CT molecular complexity index is 318. The SMILES string of the molecule is CC(NC1CCCC(C(C)C)C1)c1ncc[nH]1. The monoisotopic (exact) mass is 235 g/mol. The average molecular weight is 235 g/mol. The van der Waals surface area contributed by atoms with E-state index < -0.39 is 0 Å². The molecule has 0 saturated heterocycles. The summed E-state index contributed by atoms with van der Waals surface area (Å²) in [7, 11) is 0. The molecule has 0 spiro atoms. The Kier molecular flexibility index (Phi) is 4.21. The predicted molar refractivity (Wildman–Crippen MR) is 70.7 cm³/mol. The third-order valence-corrected chi connectivity index (χ3v) is 4.07. The van der Waals surface area contributed by atoms with E-state index in [-0.39, 0.29) is 0 Å². The van der Waals surface area contributed by atoms with Gasteiger partial charge in [-0.25, -0.2) is 4.98 Å². The zero-order valence-corrected chi connectivity index (χ0v) is 11.2. The quantitative estimate of drug-likeness (QED) is 0.841. The standard InChI is InChI=1S/C14H25N3/c1-10(2)12-5-4-6-13(9-12)17-11(3)14-15-7-8-16-14/h7-8,10-13,17H,4-6,9H2,1-3H3,(H,15,16). The van der Waals surface area contributed by atoms with Crippen LogP contribution in [0.1, 0.15) is 58.3 Å². The number of hydrogen-bond acceptors (Lipinski definition) is 2. The predicted octanol–water partition coefficient (Wildman–Crippen LogP) is 3.28. The normalized spacial score (nSPS) is 27.3. The molecule has 3 heteroatoms. The fraction of sp³-hybridized carbons (Fsp3) is 0.786. The van der Waals surface area contributed by atoms with Gasteiger partial charge in [0, 0.05) is 18.4 Å². The molecule has 0 aliphatic heterocycles. The first-order valence-electron chi connectivity index (χ1n) is 6.92. The number of aromatic nitrogens is 2. The number of hydrogen-bond donors (Lipinski definition) is 2. The van der Waals surface area contributed by atoms with Gasteiger partial charge in [-0.1, -0.05) is 26.7 Å². The summed E-state index contributed by atoms with van der Waals surface area (Å²) < 4.78 is 0. The molecule has 0 amide bonds. The third kappa shape index (κ3) is 3.32. The number of imidazole rings is 1. The van der Waals surface area contributed by atoms with Crippen molar-refractivity contribution < 1.29 is 0 Å². The average Bonchev–Trinajstić information content (AvgIpc) is 2.82. The zero-order chi connectivity index (χ0) is 12.3. The zero-order valence-electron chi connectivity index (χ0n) is 11.2. The topological polar surface area (TPSA) is 40.7 Å². The van der Waals surface area contributed by atoms with Crippen molar-refractivity contribution in [3.05, 3.63) is 18.2 Å². The van der Waals surface area contributed by atoms with E-state index in [4.69, 9.17) is 0 Å². The highest BCUT2D eigenvalue weighted by Crippen LogP contribution is 2.30. The summed E-state index contributed by atoms with van der Waals surface area (Å²) in [6.07, 6.45) is 9.13. The Morgan fingerprint density at radius 2 is 2.18 bits per heavy atom. The van der Waals surface area contributed by atoms with Gasteiger partial charge in [0.2, 0.25) is 0 Å². The second-order valence-corrected chi connectivity index (χ2v) is 5.73. The summed E-state index contributed by atoms with van der Waals surface area (Å²) in [6, 6.07) is 0.997. The molecule has 3 atom stereocenters. The van der Waals surface area contributed by atoms with Crippen molar-refractivity contribution in [3.63, 3.8) is 0 Å². The summed E-state index contributed by atoms with van der Waals surface area (Å²) in [5.41, 5.74) is 0. The number of H-pyrrole nitrogens is 1. The van der Waals surface area contributed by atoms with Crippen LogP contribution < -0.4 is 5.32 Å². The van der Waals surface area contributed by atoms with Gasteiger partial charge in [-0.05, 0) is 31.6 Å². The fourth-order valence-electron chi connectivity index (χ4n) is 2.93. The van der Waals surface area contributed by atoms with Crippen LogP contribution in [0.3, 0.4) is 0 Å². The van der Waals surface area contributed by atoms with E-state index in [0.29, 0.717) is 12.1 Å². The van der Waals surface area contributed by atoms with Crippen molar-refractivity contribution in [3.8, 4) is 0 Å². The van der Waals surface area contributed by atoms with Gasteiger partial charge < -0.3 is 10.3 Å². The number of aromatic amines is 1. The lowest BCUT2D eigenvalue weighted by Gasteiger charge is -2.33. The second kappa shape index (κ2) is 5.67. The van der Waals surface area contributed by atoms with Gasteiger partial charge in [-0.15, -0.1) is 0 Å². The molecule has 1 aromatic rings. The Hall–Kier alpha value is -0.830. The molecular weight excluding hydrogens is 210 g/mol. The molecule has 0 bridgehead atoms. The maximum Gasteiger partial charge on any atom is 0.122 e. The lowest BCUT2D eigenvalue weighted by Crippen LogP contribution is -2.37. The van der Waals surface area contributed by atoms with E-state index in [1.807, 2.05) is 12.4 Å². The molecule has 1 aromatic heterocycles. The largest absolute Gasteiger partial charge is 0.347 e. The Morgan fingerprint density at radius 1 is 1.35 bits per heavy atom. The highest BCUT2D eigenvalue weighted by Gasteiger charge is 2.25. The molecule has 96 valence electrons. The van der Waals surface area contributed by atoms with Crippen LogP contribution in [0, 0.1) is 11.8 Å². The van der Waals surface area contributed by atoms with Crippen LogP contribution >= 0.6 is 0 Å². The van der Waals surface area contributed by atoms with E-state index in [1.54, 1.807) is 0 Å². The minimum Gasteiger partial charge on any atom is -0.347 e. The smallest absolute Gasteiger partial charge is 0.122 e. The molecule has 1 fully saturated rings. The van der Waals surface area contributed by atoms with Crippen LogP contribution in [-0.4, -0.2) is 16.0 Å². The van der Waals surface area contributed by atoms with Crippen molar-refractivity contribution >= 4 is 0 Å². The van der Waals surface area contributed by atoms with Crippen molar-refractivity contribution in [1.82, 2.24) is 15.3 Å². The maximum absolute atomic E-state index is 4.32. The van der Waals surface area contributed by atoms with Gasteiger partial charge in [-0.2, -0.15) is 0 Å². The first-order chi connectivity index (χ1) is 8.16. The summed E-state index contributed by atoms with van der Waals surface area (Å²) in [5, 5.41) is 3.71. The first-order valence-corrected chi connectivity index (χ1v) is 6.92. The molecule has 2 rings (SSSR count). The molecule has 1 heterocycles. The lowest BCUT2D eigenvalue weighted by molar-refractivity contribution is 0.221. The highest BCUT2D eigenvalue weighted by atomic mass is 15.0. The van der Waals surface area contributed by atoms with E-state index in [9.17, 15) is 0 Å². The summed E-state index contributed by atoms with van der Waals surface area (Å²) in [6.45, 7) is 6.89. The van der Waals surface area contributed by atoms with Crippen LogP contribution in [0.5, 0.6) is 0 Å². The third-order valence-electron chi connectivity index (χ3n) is 4.07. The highest BCUT2D eigenvalue weighted by molar-refractivity contribution is 4.95. The van der Waals surface area contributed by atoms with E-state index >= 15 is 0 Å². The maximum atomic E-state index is 4.32. The van der Waals surface area contributed by atoms with Gasteiger partial charge in [-0.3, -0.25) is 0 Å². The molecule has 1 aliphatic carbocycles. The number of rotatable bonds is 4. The molecule has 0 aromatic carbocycles. The van der Waals surface area contributed by atoms with E-state index in [0.717, 1.165) is 17.7 Å². The summed E-state index contributed by atoms with van der Waals surface area (Å²) in [4.78, 5) is 7.50. The van der Waals surface area contributed by atoms with Crippen LogP contribution in [0.2, 0.25) is 0 Å². The molecule has 1 aliphatic rings. The van der Waals surface area contributed by atoms with Crippen LogP contribution in [-0.2, 0) is 0 Å². The van der Waals surface area contributed by atoms with Crippen LogP contribution in [0.15, 0.2) is 12.4 Å². The van der Waals surface area contributed by atoms with Gasteiger partial charge in [0.1, 0.15) is 5.82 Å². The van der Waals surface area contributed by atoms with E-state index in [2.05, 4.69) is 36.1 Å². The van der Waals surface area contributed by atoms with Gasteiger partial charge >= 0.3 is 0 Å². The molecule has 3 nitrogen and oxygen atoms in total. The molecule has 17 heavy (non-hydrogen) atoms. The summed E-state index contributed by atoms with van der Waals surface area (Å²) >= 11 is 0. The Morgan fingerprint density at radius 3 is 2.82 bits per heavy atom. The minimum absolute atomic E-state index is 0.334. The number of nitrogens with one attached hydrogen (secondary N) is 2. The van der Waals surface area contributed by atoms with Gasteiger partial charge in [0.25, 0.3) is 0 Å². The van der Waals surface area contributed by atoms with Crippen molar-refractivity contribution in [2.45, 2.75) is 58.5 Å². The van der Waals surface area contributed by atoms with Gasteiger partial charge in [0.05, 0.1) is 6.04 Å².